The Hall–Kier alpha value is -1.29. The van der Waals surface area contributed by atoms with Crippen LogP contribution in [-0.4, -0.2) is 23.4 Å². The Bertz CT molecular complexity index is 356. The Kier molecular flexibility index (Phi) is 3.06. The topological polar surface area (TPSA) is 39.1 Å². The number of ether oxygens (including phenoxy) is 1. The number of hydrogen-bond acceptors (Lipinski definition) is 3. The molecule has 0 aliphatic carbocycles. The predicted molar refractivity (Wildman–Crippen MR) is 58.3 cm³/mol. The minimum Gasteiger partial charge on any atom is -0.501 e. The molecule has 0 aromatic carbocycles. The maximum atomic E-state index is 5.36. The molecular weight excluding hydrogens is 190 g/mol. The third-order valence-electron chi connectivity index (χ3n) is 2.65. The van der Waals surface area contributed by atoms with E-state index in [2.05, 4.69) is 10.4 Å². The average Bonchev–Trinajstić information content (AvgIpc) is 2.68. The summed E-state index contributed by atoms with van der Waals surface area (Å²) in [7, 11) is 3.89. The van der Waals surface area contributed by atoms with Gasteiger partial charge in [0.05, 0.1) is 24.6 Å². The van der Waals surface area contributed by atoms with Crippen LogP contribution < -0.4 is 5.32 Å². The second kappa shape index (κ2) is 4.49. The largest absolute Gasteiger partial charge is 0.501 e. The molecule has 0 amide bonds. The standard InChI is InChI=1S/C11H17N3O/c1-12-11(9-4-3-7-15-8-9)10-5-6-14(2)13-10/h5-6,8,11-12H,3-4,7H2,1-2H3. The Morgan fingerprint density at radius 2 is 2.47 bits per heavy atom. The summed E-state index contributed by atoms with van der Waals surface area (Å²) in [4.78, 5) is 0. The van der Waals surface area contributed by atoms with Crippen LogP contribution in [-0.2, 0) is 11.8 Å². The lowest BCUT2D eigenvalue weighted by Gasteiger charge is -2.21. The summed E-state index contributed by atoms with van der Waals surface area (Å²) in [5.41, 5.74) is 2.33. The van der Waals surface area contributed by atoms with Crippen LogP contribution in [0.4, 0.5) is 0 Å². The van der Waals surface area contributed by atoms with Gasteiger partial charge in [0.2, 0.25) is 0 Å². The molecule has 1 unspecified atom stereocenters. The van der Waals surface area contributed by atoms with E-state index in [4.69, 9.17) is 4.74 Å². The van der Waals surface area contributed by atoms with Gasteiger partial charge in [0.15, 0.2) is 0 Å². The number of nitrogens with one attached hydrogen (secondary N) is 1. The van der Waals surface area contributed by atoms with Crippen molar-refractivity contribution in [2.45, 2.75) is 18.9 Å². The molecule has 0 radical (unpaired) electrons. The third-order valence-corrected chi connectivity index (χ3v) is 2.65. The normalized spacial score (nSPS) is 18.1. The highest BCUT2D eigenvalue weighted by atomic mass is 16.5. The van der Waals surface area contributed by atoms with Gasteiger partial charge >= 0.3 is 0 Å². The first-order valence-electron chi connectivity index (χ1n) is 5.28. The van der Waals surface area contributed by atoms with Crippen molar-refractivity contribution in [1.82, 2.24) is 15.1 Å². The highest BCUT2D eigenvalue weighted by Crippen LogP contribution is 2.25. The lowest BCUT2D eigenvalue weighted by molar-refractivity contribution is 0.219. The minimum absolute atomic E-state index is 0.187. The molecule has 2 heterocycles. The Morgan fingerprint density at radius 1 is 1.60 bits per heavy atom. The maximum absolute atomic E-state index is 5.36. The quantitative estimate of drug-likeness (QED) is 0.813. The third kappa shape index (κ3) is 2.21. The molecule has 0 bridgehead atoms. The Labute approximate surface area is 89.9 Å². The zero-order chi connectivity index (χ0) is 10.7. The fourth-order valence-electron chi connectivity index (χ4n) is 1.91. The SMILES string of the molecule is CNC(C1=COCCC1)c1ccn(C)n1. The fraction of sp³-hybridized carbons (Fsp3) is 0.545. The molecule has 1 atom stereocenters. The molecule has 1 N–H and O–H groups in total. The molecule has 15 heavy (non-hydrogen) atoms. The van der Waals surface area contributed by atoms with Crippen LogP contribution in [0.5, 0.6) is 0 Å². The van der Waals surface area contributed by atoms with Gasteiger partial charge in [-0.15, -0.1) is 0 Å². The molecule has 1 aliphatic heterocycles. The molecule has 82 valence electrons. The molecule has 1 aromatic heterocycles. The van der Waals surface area contributed by atoms with Crippen LogP contribution in [0.3, 0.4) is 0 Å². The highest BCUT2D eigenvalue weighted by Gasteiger charge is 2.19. The first kappa shape index (κ1) is 10.2. The van der Waals surface area contributed by atoms with Gasteiger partial charge < -0.3 is 10.1 Å². The highest BCUT2D eigenvalue weighted by molar-refractivity contribution is 5.21. The van der Waals surface area contributed by atoms with Crippen LogP contribution in [0.1, 0.15) is 24.6 Å². The Balaban J connectivity index is 2.19. The van der Waals surface area contributed by atoms with E-state index in [1.54, 1.807) is 0 Å². The number of nitrogens with zero attached hydrogens (tertiary/aromatic N) is 2. The van der Waals surface area contributed by atoms with Gasteiger partial charge in [0, 0.05) is 13.2 Å². The zero-order valence-corrected chi connectivity index (χ0v) is 9.23. The van der Waals surface area contributed by atoms with Gasteiger partial charge in [-0.2, -0.15) is 5.10 Å². The molecule has 1 aliphatic rings. The van der Waals surface area contributed by atoms with E-state index in [0.717, 1.165) is 25.1 Å². The van der Waals surface area contributed by atoms with Gasteiger partial charge in [-0.05, 0) is 31.5 Å². The van der Waals surface area contributed by atoms with E-state index in [1.807, 2.05) is 37.3 Å². The predicted octanol–water partition coefficient (Wildman–Crippen LogP) is 1.37. The van der Waals surface area contributed by atoms with Gasteiger partial charge in [-0.1, -0.05) is 0 Å². The minimum atomic E-state index is 0.187. The van der Waals surface area contributed by atoms with Gasteiger partial charge in [0.1, 0.15) is 0 Å². The lowest BCUT2D eigenvalue weighted by atomic mass is 10.00. The molecule has 4 heteroatoms. The second-order valence-electron chi connectivity index (χ2n) is 3.80. The molecule has 1 aromatic rings. The molecular formula is C11H17N3O. The van der Waals surface area contributed by atoms with Crippen molar-refractivity contribution in [2.75, 3.05) is 13.7 Å². The molecule has 0 saturated carbocycles. The molecule has 4 nitrogen and oxygen atoms in total. The summed E-state index contributed by atoms with van der Waals surface area (Å²) in [5.74, 6) is 0. The summed E-state index contributed by atoms with van der Waals surface area (Å²) < 4.78 is 7.18. The molecule has 0 saturated heterocycles. The van der Waals surface area contributed by atoms with Crippen molar-refractivity contribution in [3.8, 4) is 0 Å². The van der Waals surface area contributed by atoms with Crippen LogP contribution in [0.25, 0.3) is 0 Å². The van der Waals surface area contributed by atoms with E-state index < -0.39 is 0 Å². The molecule has 0 fully saturated rings. The summed E-state index contributed by atoms with van der Waals surface area (Å²) in [5, 5.41) is 7.69. The van der Waals surface area contributed by atoms with E-state index in [1.165, 1.54) is 5.57 Å². The van der Waals surface area contributed by atoms with Crippen molar-refractivity contribution in [3.05, 3.63) is 29.8 Å². The first-order valence-corrected chi connectivity index (χ1v) is 5.28. The van der Waals surface area contributed by atoms with Gasteiger partial charge in [-0.3, -0.25) is 4.68 Å². The van der Waals surface area contributed by atoms with Crippen molar-refractivity contribution >= 4 is 0 Å². The molecule has 2 rings (SSSR count). The van der Waals surface area contributed by atoms with Gasteiger partial charge in [-0.25, -0.2) is 0 Å². The zero-order valence-electron chi connectivity index (χ0n) is 9.23. The number of hydrogen-bond donors (Lipinski definition) is 1. The van der Waals surface area contributed by atoms with E-state index in [-0.39, 0.29) is 6.04 Å². The number of aromatic nitrogens is 2. The maximum Gasteiger partial charge on any atom is 0.0876 e. The van der Waals surface area contributed by atoms with Crippen LogP contribution in [0.15, 0.2) is 24.1 Å². The summed E-state index contributed by atoms with van der Waals surface area (Å²) in [6, 6.07) is 2.22. The van der Waals surface area contributed by atoms with Crippen molar-refractivity contribution in [3.63, 3.8) is 0 Å². The molecule has 0 spiro atoms. The van der Waals surface area contributed by atoms with Gasteiger partial charge in [0.25, 0.3) is 0 Å². The summed E-state index contributed by atoms with van der Waals surface area (Å²) >= 11 is 0. The van der Waals surface area contributed by atoms with Crippen LogP contribution in [0, 0.1) is 0 Å². The summed E-state index contributed by atoms with van der Waals surface area (Å²) in [6.45, 7) is 0.835. The van der Waals surface area contributed by atoms with Crippen molar-refractivity contribution < 1.29 is 4.74 Å². The number of rotatable bonds is 3. The van der Waals surface area contributed by atoms with E-state index in [9.17, 15) is 0 Å². The Morgan fingerprint density at radius 3 is 3.00 bits per heavy atom. The number of likely N-dealkylation sites (N-methyl/N-ethyl adjacent to an activating group) is 1. The monoisotopic (exact) mass is 207 g/mol. The van der Waals surface area contributed by atoms with Crippen LogP contribution in [0.2, 0.25) is 0 Å². The fourth-order valence-corrected chi connectivity index (χ4v) is 1.91. The van der Waals surface area contributed by atoms with E-state index in [0.29, 0.717) is 0 Å². The van der Waals surface area contributed by atoms with Crippen LogP contribution >= 0.6 is 0 Å². The smallest absolute Gasteiger partial charge is 0.0876 e. The average molecular weight is 207 g/mol. The van der Waals surface area contributed by atoms with E-state index >= 15 is 0 Å². The second-order valence-corrected chi connectivity index (χ2v) is 3.80. The summed E-state index contributed by atoms with van der Waals surface area (Å²) in [6.07, 6.45) is 6.02. The van der Waals surface area contributed by atoms with Crippen molar-refractivity contribution in [2.24, 2.45) is 7.05 Å². The number of aryl methyl sites for hydroxylation is 1. The lowest BCUT2D eigenvalue weighted by Crippen LogP contribution is -2.21. The first-order chi connectivity index (χ1) is 7.31. The van der Waals surface area contributed by atoms with Crippen molar-refractivity contribution in [1.29, 1.82) is 0 Å².